The summed E-state index contributed by atoms with van der Waals surface area (Å²) >= 11 is 0. The SMILES string of the molecule is O=C(Cc1ccc(F)cc1)N1CCCC(COc2ccc(C(=O)N3CCCCC3)cc2)C1. The largest absolute Gasteiger partial charge is 0.493 e. The molecule has 6 heteroatoms. The van der Waals surface area contributed by atoms with Crippen molar-refractivity contribution in [2.24, 2.45) is 5.92 Å². The van der Waals surface area contributed by atoms with Crippen molar-refractivity contribution in [3.8, 4) is 5.75 Å². The fourth-order valence-corrected chi connectivity index (χ4v) is 4.50. The van der Waals surface area contributed by atoms with Crippen molar-refractivity contribution in [2.45, 2.75) is 38.5 Å². The van der Waals surface area contributed by atoms with Crippen LogP contribution in [0.5, 0.6) is 5.75 Å². The minimum atomic E-state index is -0.291. The van der Waals surface area contributed by atoms with Crippen LogP contribution < -0.4 is 4.74 Å². The highest BCUT2D eigenvalue weighted by atomic mass is 19.1. The Kier molecular flexibility index (Phi) is 7.40. The summed E-state index contributed by atoms with van der Waals surface area (Å²) in [7, 11) is 0. The van der Waals surface area contributed by atoms with E-state index in [9.17, 15) is 14.0 Å². The predicted octanol–water partition coefficient (Wildman–Crippen LogP) is 4.31. The summed E-state index contributed by atoms with van der Waals surface area (Å²) in [6.07, 6.45) is 5.63. The molecule has 32 heavy (non-hydrogen) atoms. The molecule has 2 aromatic rings. The Balaban J connectivity index is 1.25. The van der Waals surface area contributed by atoms with Gasteiger partial charge in [-0.05, 0) is 74.1 Å². The normalized spacial score (nSPS) is 19.0. The number of halogens is 1. The van der Waals surface area contributed by atoms with Crippen molar-refractivity contribution < 1.29 is 18.7 Å². The van der Waals surface area contributed by atoms with E-state index in [1.807, 2.05) is 34.1 Å². The van der Waals surface area contributed by atoms with E-state index in [4.69, 9.17) is 4.74 Å². The fraction of sp³-hybridized carbons (Fsp3) is 0.462. The van der Waals surface area contributed by atoms with E-state index in [2.05, 4.69) is 0 Å². The number of carbonyl (C=O) groups is 2. The third-order valence-electron chi connectivity index (χ3n) is 6.37. The molecule has 0 bridgehead atoms. The molecule has 0 radical (unpaired) electrons. The standard InChI is InChI=1S/C26H31FN2O3/c27-23-10-6-20(7-11-23)17-25(30)29-16-4-5-21(18-29)19-32-24-12-8-22(9-13-24)26(31)28-14-2-1-3-15-28/h6-13,21H,1-5,14-19H2. The lowest BCUT2D eigenvalue weighted by molar-refractivity contribution is -0.132. The summed E-state index contributed by atoms with van der Waals surface area (Å²) in [5.74, 6) is 0.895. The smallest absolute Gasteiger partial charge is 0.253 e. The molecule has 0 N–H and O–H groups in total. The molecule has 2 fully saturated rings. The van der Waals surface area contributed by atoms with Gasteiger partial charge in [-0.25, -0.2) is 4.39 Å². The van der Waals surface area contributed by atoms with E-state index >= 15 is 0 Å². The molecule has 0 spiro atoms. The second-order valence-electron chi connectivity index (χ2n) is 8.84. The van der Waals surface area contributed by atoms with E-state index in [1.54, 1.807) is 12.1 Å². The van der Waals surface area contributed by atoms with Gasteiger partial charge in [-0.15, -0.1) is 0 Å². The Morgan fingerprint density at radius 2 is 1.56 bits per heavy atom. The highest BCUT2D eigenvalue weighted by molar-refractivity contribution is 5.94. The summed E-state index contributed by atoms with van der Waals surface area (Å²) in [5, 5.41) is 0. The molecular weight excluding hydrogens is 407 g/mol. The number of carbonyl (C=O) groups excluding carboxylic acids is 2. The molecule has 2 heterocycles. The number of likely N-dealkylation sites (tertiary alicyclic amines) is 2. The Hall–Kier alpha value is -2.89. The Labute approximate surface area is 189 Å². The number of benzene rings is 2. The van der Waals surface area contributed by atoms with Gasteiger partial charge >= 0.3 is 0 Å². The van der Waals surface area contributed by atoms with Crippen LogP contribution in [0, 0.1) is 11.7 Å². The lowest BCUT2D eigenvalue weighted by Crippen LogP contribution is -2.42. The van der Waals surface area contributed by atoms with Gasteiger partial charge < -0.3 is 14.5 Å². The highest BCUT2D eigenvalue weighted by Gasteiger charge is 2.24. The molecule has 2 saturated heterocycles. The van der Waals surface area contributed by atoms with Crippen molar-refractivity contribution in [3.63, 3.8) is 0 Å². The van der Waals surface area contributed by atoms with Crippen LogP contribution in [-0.4, -0.2) is 54.4 Å². The van der Waals surface area contributed by atoms with Crippen molar-refractivity contribution in [3.05, 3.63) is 65.5 Å². The molecular formula is C26H31FN2O3. The van der Waals surface area contributed by atoms with Crippen LogP contribution in [0.15, 0.2) is 48.5 Å². The number of hydrogen-bond acceptors (Lipinski definition) is 3. The number of ether oxygens (including phenoxy) is 1. The van der Waals surface area contributed by atoms with E-state index in [0.29, 0.717) is 25.1 Å². The lowest BCUT2D eigenvalue weighted by atomic mass is 9.98. The van der Waals surface area contributed by atoms with E-state index in [1.165, 1.54) is 18.6 Å². The first kappa shape index (κ1) is 22.3. The van der Waals surface area contributed by atoms with Gasteiger partial charge in [-0.3, -0.25) is 9.59 Å². The van der Waals surface area contributed by atoms with Crippen molar-refractivity contribution in [2.75, 3.05) is 32.8 Å². The maximum atomic E-state index is 13.1. The van der Waals surface area contributed by atoms with Gasteiger partial charge in [-0.2, -0.15) is 0 Å². The number of hydrogen-bond donors (Lipinski definition) is 0. The van der Waals surface area contributed by atoms with Crippen LogP contribution in [0.3, 0.4) is 0 Å². The average Bonchev–Trinajstić information content (AvgIpc) is 2.85. The van der Waals surface area contributed by atoms with Crippen LogP contribution in [0.25, 0.3) is 0 Å². The minimum Gasteiger partial charge on any atom is -0.493 e. The summed E-state index contributed by atoms with van der Waals surface area (Å²) in [6.45, 7) is 3.65. The zero-order valence-corrected chi connectivity index (χ0v) is 18.5. The van der Waals surface area contributed by atoms with Crippen molar-refractivity contribution >= 4 is 11.8 Å². The molecule has 1 unspecified atom stereocenters. The Morgan fingerprint density at radius 1 is 0.875 bits per heavy atom. The van der Waals surface area contributed by atoms with E-state index in [0.717, 1.165) is 56.6 Å². The molecule has 2 aliphatic rings. The van der Waals surface area contributed by atoms with Crippen molar-refractivity contribution in [1.82, 2.24) is 9.80 Å². The molecule has 0 saturated carbocycles. The Morgan fingerprint density at radius 3 is 2.28 bits per heavy atom. The quantitative estimate of drug-likeness (QED) is 0.675. The van der Waals surface area contributed by atoms with Crippen LogP contribution in [-0.2, 0) is 11.2 Å². The summed E-state index contributed by atoms with van der Waals surface area (Å²) in [4.78, 5) is 29.1. The van der Waals surface area contributed by atoms with Gasteiger partial charge in [0, 0.05) is 37.7 Å². The maximum absolute atomic E-state index is 13.1. The molecule has 4 rings (SSSR count). The topological polar surface area (TPSA) is 49.9 Å². The third-order valence-corrected chi connectivity index (χ3v) is 6.37. The number of amides is 2. The molecule has 0 aliphatic carbocycles. The zero-order chi connectivity index (χ0) is 22.3. The van der Waals surface area contributed by atoms with Gasteiger partial charge in [0.15, 0.2) is 0 Å². The molecule has 2 aliphatic heterocycles. The van der Waals surface area contributed by atoms with Crippen molar-refractivity contribution in [1.29, 1.82) is 0 Å². The third kappa shape index (κ3) is 5.87. The molecule has 2 aromatic carbocycles. The summed E-state index contributed by atoms with van der Waals surface area (Å²) in [5.41, 5.74) is 1.53. The predicted molar refractivity (Wildman–Crippen MR) is 121 cm³/mol. The molecule has 5 nitrogen and oxygen atoms in total. The van der Waals surface area contributed by atoms with Crippen LogP contribution >= 0.6 is 0 Å². The van der Waals surface area contributed by atoms with Gasteiger partial charge in [0.25, 0.3) is 5.91 Å². The first-order valence-electron chi connectivity index (χ1n) is 11.6. The summed E-state index contributed by atoms with van der Waals surface area (Å²) < 4.78 is 19.1. The maximum Gasteiger partial charge on any atom is 0.253 e. The molecule has 0 aromatic heterocycles. The number of rotatable bonds is 6. The van der Waals surface area contributed by atoms with Gasteiger partial charge in [0.1, 0.15) is 11.6 Å². The van der Waals surface area contributed by atoms with Gasteiger partial charge in [0.2, 0.25) is 5.91 Å². The van der Waals surface area contributed by atoms with E-state index in [-0.39, 0.29) is 23.5 Å². The number of piperidine rings is 2. The van der Waals surface area contributed by atoms with Crippen LogP contribution in [0.1, 0.15) is 48.0 Å². The fourth-order valence-electron chi connectivity index (χ4n) is 4.50. The van der Waals surface area contributed by atoms with Crippen LogP contribution in [0.4, 0.5) is 4.39 Å². The van der Waals surface area contributed by atoms with Gasteiger partial charge in [-0.1, -0.05) is 12.1 Å². The highest BCUT2D eigenvalue weighted by Crippen LogP contribution is 2.21. The summed E-state index contributed by atoms with van der Waals surface area (Å²) in [6, 6.07) is 13.5. The first-order valence-corrected chi connectivity index (χ1v) is 11.6. The zero-order valence-electron chi connectivity index (χ0n) is 18.5. The van der Waals surface area contributed by atoms with Gasteiger partial charge in [0.05, 0.1) is 13.0 Å². The first-order chi connectivity index (χ1) is 15.6. The Bertz CT molecular complexity index is 908. The number of nitrogens with zero attached hydrogens (tertiary/aromatic N) is 2. The minimum absolute atomic E-state index is 0.0712. The van der Waals surface area contributed by atoms with Crippen LogP contribution in [0.2, 0.25) is 0 Å². The monoisotopic (exact) mass is 438 g/mol. The second-order valence-corrected chi connectivity index (χ2v) is 8.84. The second kappa shape index (κ2) is 10.6. The lowest BCUT2D eigenvalue weighted by Gasteiger charge is -2.32. The molecule has 170 valence electrons. The molecule has 1 atom stereocenters. The van der Waals surface area contributed by atoms with E-state index < -0.39 is 0 Å². The molecule has 2 amide bonds. The average molecular weight is 439 g/mol.